The molecule has 4 nitrogen and oxygen atoms in total. The predicted molar refractivity (Wildman–Crippen MR) is 75.5 cm³/mol. The molecular weight excluding hydrogens is 242 g/mol. The van der Waals surface area contributed by atoms with Crippen LogP contribution in [0.5, 0.6) is 0 Å². The first kappa shape index (κ1) is 15.8. The maximum atomic E-state index is 12.1. The summed E-state index contributed by atoms with van der Waals surface area (Å²) in [6, 6.07) is 7.50. The van der Waals surface area contributed by atoms with E-state index in [0.29, 0.717) is 19.8 Å². The molecule has 1 aromatic carbocycles. The molecule has 0 radical (unpaired) electrons. The Hall–Kier alpha value is -1.23. The van der Waals surface area contributed by atoms with Crippen molar-refractivity contribution in [3.63, 3.8) is 0 Å². The van der Waals surface area contributed by atoms with Gasteiger partial charge in [0.25, 0.3) is 0 Å². The van der Waals surface area contributed by atoms with Crippen LogP contribution in [0.1, 0.15) is 29.8 Å². The van der Waals surface area contributed by atoms with Gasteiger partial charge in [-0.05, 0) is 18.9 Å². The highest BCUT2D eigenvalue weighted by Crippen LogP contribution is 2.07. The Bertz CT molecular complexity index is 375. The molecule has 0 fully saturated rings. The molecule has 0 amide bonds. The number of rotatable bonds is 9. The number of carbonyl (C=O) groups excluding carboxylic acids is 1. The number of aliphatic hydroxyl groups is 1. The van der Waals surface area contributed by atoms with Crippen LogP contribution >= 0.6 is 0 Å². The Labute approximate surface area is 114 Å². The van der Waals surface area contributed by atoms with Gasteiger partial charge in [-0.3, -0.25) is 4.79 Å². The monoisotopic (exact) mass is 265 g/mol. The first-order chi connectivity index (χ1) is 9.19. The summed E-state index contributed by atoms with van der Waals surface area (Å²) < 4.78 is 5.13. The molecule has 0 aliphatic heterocycles. The zero-order chi connectivity index (χ0) is 14.1. The molecule has 1 unspecified atom stereocenters. The number of aliphatic hydroxyl groups excluding tert-OH is 1. The van der Waals surface area contributed by atoms with Gasteiger partial charge < -0.3 is 15.2 Å². The first-order valence-corrected chi connectivity index (χ1v) is 6.74. The Morgan fingerprint density at radius 3 is 2.58 bits per heavy atom. The quantitative estimate of drug-likeness (QED) is 0.524. The van der Waals surface area contributed by atoms with E-state index in [4.69, 9.17) is 9.84 Å². The zero-order valence-corrected chi connectivity index (χ0v) is 11.7. The topological polar surface area (TPSA) is 58.6 Å². The van der Waals surface area contributed by atoms with E-state index < -0.39 is 0 Å². The van der Waals surface area contributed by atoms with Crippen molar-refractivity contribution in [2.45, 2.75) is 26.3 Å². The van der Waals surface area contributed by atoms with Crippen LogP contribution in [0.25, 0.3) is 0 Å². The van der Waals surface area contributed by atoms with E-state index in [1.807, 2.05) is 31.2 Å². The third kappa shape index (κ3) is 5.51. The fourth-order valence-corrected chi connectivity index (χ4v) is 1.76. The lowest BCUT2D eigenvalue weighted by atomic mass is 10.0. The number of nitrogens with one attached hydrogen (secondary N) is 1. The molecule has 0 spiro atoms. The van der Waals surface area contributed by atoms with Crippen LogP contribution in [0, 0.1) is 0 Å². The molecule has 0 aliphatic carbocycles. The Morgan fingerprint density at radius 1 is 1.32 bits per heavy atom. The molecule has 0 saturated carbocycles. The summed E-state index contributed by atoms with van der Waals surface area (Å²) in [7, 11) is 0. The van der Waals surface area contributed by atoms with E-state index in [-0.39, 0.29) is 18.4 Å². The lowest BCUT2D eigenvalue weighted by molar-refractivity contribution is 0.0870. The molecule has 0 bridgehead atoms. The van der Waals surface area contributed by atoms with E-state index in [1.165, 1.54) is 5.56 Å². The molecule has 19 heavy (non-hydrogen) atoms. The maximum Gasteiger partial charge on any atom is 0.179 e. The zero-order valence-electron chi connectivity index (χ0n) is 11.7. The van der Waals surface area contributed by atoms with Crippen molar-refractivity contribution in [1.29, 1.82) is 0 Å². The van der Waals surface area contributed by atoms with Gasteiger partial charge in [0.15, 0.2) is 5.78 Å². The largest absolute Gasteiger partial charge is 0.394 e. The molecular formula is C15H23NO3. The molecule has 1 aromatic rings. The Balaban J connectivity index is 2.38. The average molecular weight is 265 g/mol. The molecule has 1 rings (SSSR count). The number of hydrogen-bond donors (Lipinski definition) is 2. The second-order valence-corrected chi connectivity index (χ2v) is 4.43. The standard InChI is InChI=1S/C15H23NO3/c1-3-13-4-6-14(7-5-13)15(18)12(2)16-8-10-19-11-9-17/h4-7,12,16-17H,3,8-11H2,1-2H3. The lowest BCUT2D eigenvalue weighted by Crippen LogP contribution is -2.36. The van der Waals surface area contributed by atoms with Crippen LogP contribution in [0.4, 0.5) is 0 Å². The second kappa shape index (κ2) is 8.80. The van der Waals surface area contributed by atoms with Crippen molar-refractivity contribution >= 4 is 5.78 Å². The van der Waals surface area contributed by atoms with Crippen molar-refractivity contribution in [3.8, 4) is 0 Å². The smallest absolute Gasteiger partial charge is 0.179 e. The van der Waals surface area contributed by atoms with E-state index in [0.717, 1.165) is 12.0 Å². The third-order valence-electron chi connectivity index (χ3n) is 2.97. The van der Waals surface area contributed by atoms with Gasteiger partial charge >= 0.3 is 0 Å². The van der Waals surface area contributed by atoms with Gasteiger partial charge in [-0.2, -0.15) is 0 Å². The third-order valence-corrected chi connectivity index (χ3v) is 2.97. The fraction of sp³-hybridized carbons (Fsp3) is 0.533. The number of Topliss-reactive ketones (excluding diaryl/α,β-unsaturated/α-hetero) is 1. The number of benzene rings is 1. The summed E-state index contributed by atoms with van der Waals surface area (Å²) in [5.74, 6) is 0.0878. The Morgan fingerprint density at radius 2 is 2.00 bits per heavy atom. The summed E-state index contributed by atoms with van der Waals surface area (Å²) >= 11 is 0. The number of carbonyl (C=O) groups is 1. The van der Waals surface area contributed by atoms with Gasteiger partial charge in [-0.1, -0.05) is 31.2 Å². The molecule has 2 N–H and O–H groups in total. The van der Waals surface area contributed by atoms with Crippen LogP contribution in [-0.2, 0) is 11.2 Å². The molecule has 0 aromatic heterocycles. The van der Waals surface area contributed by atoms with Crippen LogP contribution in [-0.4, -0.2) is 43.3 Å². The second-order valence-electron chi connectivity index (χ2n) is 4.43. The Kier molecular flexibility index (Phi) is 7.33. The van der Waals surface area contributed by atoms with Gasteiger partial charge in [0.1, 0.15) is 0 Å². The summed E-state index contributed by atoms with van der Waals surface area (Å²) in [6.07, 6.45) is 0.977. The lowest BCUT2D eigenvalue weighted by Gasteiger charge is -2.13. The molecule has 0 saturated heterocycles. The van der Waals surface area contributed by atoms with Gasteiger partial charge in [0.05, 0.1) is 25.9 Å². The van der Waals surface area contributed by atoms with Crippen LogP contribution in [0.2, 0.25) is 0 Å². The minimum absolute atomic E-state index is 0.0261. The molecule has 106 valence electrons. The number of hydrogen-bond acceptors (Lipinski definition) is 4. The van der Waals surface area contributed by atoms with Crippen LogP contribution in [0.3, 0.4) is 0 Å². The van der Waals surface area contributed by atoms with Gasteiger partial charge in [0.2, 0.25) is 0 Å². The molecule has 4 heteroatoms. The van der Waals surface area contributed by atoms with Crippen molar-refractivity contribution in [2.24, 2.45) is 0 Å². The summed E-state index contributed by atoms with van der Waals surface area (Å²) in [4.78, 5) is 12.1. The minimum atomic E-state index is -0.231. The van der Waals surface area contributed by atoms with E-state index >= 15 is 0 Å². The number of ketones is 1. The van der Waals surface area contributed by atoms with E-state index in [2.05, 4.69) is 12.2 Å². The van der Waals surface area contributed by atoms with Gasteiger partial charge in [-0.25, -0.2) is 0 Å². The van der Waals surface area contributed by atoms with Gasteiger partial charge in [-0.15, -0.1) is 0 Å². The highest BCUT2D eigenvalue weighted by atomic mass is 16.5. The van der Waals surface area contributed by atoms with Crippen LogP contribution < -0.4 is 5.32 Å². The van der Waals surface area contributed by atoms with E-state index in [1.54, 1.807) is 0 Å². The maximum absolute atomic E-state index is 12.1. The fourth-order valence-electron chi connectivity index (χ4n) is 1.76. The summed E-state index contributed by atoms with van der Waals surface area (Å²) in [6.45, 7) is 5.39. The van der Waals surface area contributed by atoms with Crippen molar-refractivity contribution in [1.82, 2.24) is 5.32 Å². The average Bonchev–Trinajstić information content (AvgIpc) is 2.46. The highest BCUT2D eigenvalue weighted by Gasteiger charge is 2.13. The highest BCUT2D eigenvalue weighted by molar-refractivity contribution is 5.99. The first-order valence-electron chi connectivity index (χ1n) is 6.74. The van der Waals surface area contributed by atoms with Crippen molar-refractivity contribution in [2.75, 3.05) is 26.4 Å². The SMILES string of the molecule is CCc1ccc(C(=O)C(C)NCCOCCO)cc1. The minimum Gasteiger partial charge on any atom is -0.394 e. The van der Waals surface area contributed by atoms with Gasteiger partial charge in [0, 0.05) is 12.1 Å². The summed E-state index contributed by atoms with van der Waals surface area (Å²) in [5.41, 5.74) is 1.96. The number of ether oxygens (including phenoxy) is 1. The molecule has 0 heterocycles. The van der Waals surface area contributed by atoms with Crippen molar-refractivity contribution in [3.05, 3.63) is 35.4 Å². The molecule has 1 atom stereocenters. The van der Waals surface area contributed by atoms with Crippen LogP contribution in [0.15, 0.2) is 24.3 Å². The van der Waals surface area contributed by atoms with E-state index in [9.17, 15) is 4.79 Å². The summed E-state index contributed by atoms with van der Waals surface area (Å²) in [5, 5.41) is 11.7. The molecule has 0 aliphatic rings. The number of aryl methyl sites for hydroxylation is 1. The van der Waals surface area contributed by atoms with Crippen molar-refractivity contribution < 1.29 is 14.6 Å². The normalized spacial score (nSPS) is 12.4. The predicted octanol–water partition coefficient (Wildman–Crippen LogP) is 1.42.